The molecule has 12 rings (SSSR count). The summed E-state index contributed by atoms with van der Waals surface area (Å²) in [5, 5.41) is -3.70. The van der Waals surface area contributed by atoms with Crippen LogP contribution in [-0.4, -0.2) is 13.5 Å². The van der Waals surface area contributed by atoms with E-state index in [1.165, 1.54) is 0 Å². The third kappa shape index (κ3) is 3.52. The third-order valence-electron chi connectivity index (χ3n) is 9.03. The molecular weight excluding hydrogens is 619 g/mol. The van der Waals surface area contributed by atoms with Crippen molar-refractivity contribution in [2.24, 2.45) is 0 Å². The summed E-state index contributed by atoms with van der Waals surface area (Å²) in [6.45, 7) is 0. The van der Waals surface area contributed by atoms with Crippen LogP contribution in [0.15, 0.2) is 175 Å². The number of nitrogens with zero attached hydrogens (tertiary/aromatic N) is 3. The van der Waals surface area contributed by atoms with Gasteiger partial charge in [0.05, 0.1) is 78.4 Å². The SMILES string of the molecule is [2H]c1c([2H])c([2H])c(-c2c([2H])c([2H])c([2H])c(-n3c4c([2H])c([2H])c([2H])c([2H])c4c4c([2H])c(-n5c6c([2H])c([2H])c([2H])c7c8c([2H])c([2H])c([2H])c9c%10c([2H])c([2H])c([2H])c([2H])c%10n(c%10c([2H])c([2H])c([2H])c5c%10c76)c89)c([2H])c([2H])c43)c2[2H])c([2H])c1[2H]. The van der Waals surface area contributed by atoms with Crippen LogP contribution in [0.25, 0.3) is 104 Å². The first kappa shape index (κ1) is 11.6. The Hall–Kier alpha value is -6.84. The van der Waals surface area contributed by atoms with E-state index in [2.05, 4.69) is 0 Å². The maximum atomic E-state index is 10.2. The van der Waals surface area contributed by atoms with E-state index in [0.717, 1.165) is 8.97 Å². The van der Waals surface area contributed by atoms with Crippen molar-refractivity contribution in [2.75, 3.05) is 0 Å². The normalized spacial score (nSPS) is 20.3. The van der Waals surface area contributed by atoms with Gasteiger partial charge in [-0.1, -0.05) is 115 Å². The molecule has 0 aliphatic carbocycles. The van der Waals surface area contributed by atoms with Gasteiger partial charge in [-0.25, -0.2) is 0 Å². The van der Waals surface area contributed by atoms with E-state index >= 15 is 0 Å². The summed E-state index contributed by atoms with van der Waals surface area (Å²) in [6, 6.07) is -26.1. The second-order valence-corrected chi connectivity index (χ2v) is 11.5. The monoisotopic (exact) mass is 676 g/mol. The van der Waals surface area contributed by atoms with E-state index in [-0.39, 0.29) is 21.7 Å². The molecule has 12 aromatic rings. The molecule has 0 radical (unpaired) electrons. The van der Waals surface area contributed by atoms with Crippen LogP contribution in [0.3, 0.4) is 0 Å². The average molecular weight is 677 g/mol. The van der Waals surface area contributed by atoms with Crippen molar-refractivity contribution in [1.82, 2.24) is 13.5 Å². The maximum absolute atomic E-state index is 10.2. The molecule has 0 unspecified atom stereocenters. The van der Waals surface area contributed by atoms with Crippen LogP contribution in [0.1, 0.15) is 39.8 Å². The van der Waals surface area contributed by atoms with Crippen LogP contribution in [0.5, 0.6) is 0 Å². The number of hydrogen-bond acceptors (Lipinski definition) is 0. The number of benzene rings is 8. The van der Waals surface area contributed by atoms with E-state index in [9.17, 15) is 20.6 Å². The van der Waals surface area contributed by atoms with Crippen LogP contribution in [0.2, 0.25) is 0 Å². The van der Waals surface area contributed by atoms with Gasteiger partial charge in [0.15, 0.2) is 0 Å². The van der Waals surface area contributed by atoms with Crippen molar-refractivity contribution >= 4 is 81.7 Å². The van der Waals surface area contributed by atoms with Gasteiger partial charge >= 0.3 is 0 Å². The number of para-hydroxylation sites is 3. The summed E-state index contributed by atoms with van der Waals surface area (Å²) in [4.78, 5) is 0. The first-order valence-corrected chi connectivity index (χ1v) is 15.3. The van der Waals surface area contributed by atoms with Crippen LogP contribution < -0.4 is 0 Å². The minimum atomic E-state index is -1.06. The van der Waals surface area contributed by atoms with Crippen LogP contribution in [0, 0.1) is 0 Å². The quantitative estimate of drug-likeness (QED) is 0.177. The Morgan fingerprint density at radius 1 is 0.314 bits per heavy atom. The zero-order valence-corrected chi connectivity index (χ0v) is 25.3. The molecule has 0 N–H and O–H groups in total. The molecule has 0 amide bonds. The largest absolute Gasteiger partial charge is 0.309 e. The highest BCUT2D eigenvalue weighted by atomic mass is 15.0. The summed E-state index contributed by atoms with van der Waals surface area (Å²) in [5.41, 5.74) is -7.11. The molecule has 0 aliphatic heterocycles. The molecule has 0 saturated heterocycles. The van der Waals surface area contributed by atoms with E-state index in [0.29, 0.717) is 4.57 Å². The lowest BCUT2D eigenvalue weighted by Gasteiger charge is -2.12. The second-order valence-electron chi connectivity index (χ2n) is 11.5. The van der Waals surface area contributed by atoms with Gasteiger partial charge in [0.2, 0.25) is 0 Å². The summed E-state index contributed by atoms with van der Waals surface area (Å²) in [7, 11) is 0. The zero-order valence-electron chi connectivity index (χ0n) is 54.3. The number of hydrogen-bond donors (Lipinski definition) is 0. The molecule has 0 aliphatic rings. The van der Waals surface area contributed by atoms with Gasteiger partial charge in [-0.15, -0.1) is 0 Å². The van der Waals surface area contributed by atoms with Crippen molar-refractivity contribution in [3.8, 4) is 22.5 Å². The highest BCUT2D eigenvalue weighted by Crippen LogP contribution is 2.44. The van der Waals surface area contributed by atoms with Crippen LogP contribution >= 0.6 is 0 Å². The Morgan fingerprint density at radius 3 is 1.71 bits per heavy atom. The predicted octanol–water partition coefficient (Wildman–Crippen LogP) is 12.7. The van der Waals surface area contributed by atoms with E-state index < -0.39 is 258 Å². The Balaban J connectivity index is 1.38. The maximum Gasteiger partial charge on any atom is 0.0652 e. The smallest absolute Gasteiger partial charge is 0.0652 e. The Labute approximate surface area is 333 Å². The fourth-order valence-corrected chi connectivity index (χ4v) is 7.05. The van der Waals surface area contributed by atoms with Gasteiger partial charge in [0.25, 0.3) is 0 Å². The van der Waals surface area contributed by atoms with Crippen LogP contribution in [0.4, 0.5) is 0 Å². The first-order chi connectivity index (χ1) is 37.4. The molecule has 3 nitrogen and oxygen atoms in total. The van der Waals surface area contributed by atoms with Gasteiger partial charge < -0.3 is 13.5 Å². The Bertz CT molecular complexity index is 5020. The van der Waals surface area contributed by atoms with Crippen molar-refractivity contribution in [3.05, 3.63) is 175 Å². The van der Waals surface area contributed by atoms with Gasteiger partial charge in [-0.3, -0.25) is 0 Å². The zero-order chi connectivity index (χ0) is 58.4. The highest BCUT2D eigenvalue weighted by Gasteiger charge is 2.22. The van der Waals surface area contributed by atoms with Gasteiger partial charge in [-0.05, 0) is 76.9 Å². The van der Waals surface area contributed by atoms with E-state index in [4.69, 9.17) is 19.2 Å². The lowest BCUT2D eigenvalue weighted by molar-refractivity contribution is 1.17. The average Bonchev–Trinajstić information content (AvgIpc) is 4.08. The van der Waals surface area contributed by atoms with Crippen molar-refractivity contribution in [1.29, 1.82) is 0 Å². The number of rotatable bonds is 3. The number of fused-ring (bicyclic) bond motifs is 8. The third-order valence-corrected chi connectivity index (χ3v) is 9.03. The lowest BCUT2D eigenvalue weighted by atomic mass is 10.0. The lowest BCUT2D eigenvalue weighted by Crippen LogP contribution is -1.96. The summed E-state index contributed by atoms with van der Waals surface area (Å²) < 4.78 is 268. The van der Waals surface area contributed by atoms with Crippen molar-refractivity contribution in [3.63, 3.8) is 0 Å². The molecule has 236 valence electrons. The van der Waals surface area contributed by atoms with Gasteiger partial charge in [0.1, 0.15) is 0 Å². The van der Waals surface area contributed by atoms with Crippen molar-refractivity contribution < 1.29 is 39.8 Å². The topological polar surface area (TPSA) is 14.3 Å². The molecule has 3 heteroatoms. The molecule has 0 saturated carbocycles. The fraction of sp³-hybridized carbons (Fsp3) is 0. The minimum absolute atomic E-state index is 0.328. The van der Waals surface area contributed by atoms with E-state index in [1.807, 2.05) is 0 Å². The molecule has 4 heterocycles. The highest BCUT2D eigenvalue weighted by molar-refractivity contribution is 6.31. The number of aromatic nitrogens is 3. The van der Waals surface area contributed by atoms with Crippen LogP contribution in [-0.2, 0) is 0 Å². The fourth-order valence-electron chi connectivity index (χ4n) is 7.05. The molecule has 8 aromatic carbocycles. The Morgan fingerprint density at radius 2 is 0.843 bits per heavy atom. The molecular formula is C48H29N3. The van der Waals surface area contributed by atoms with Gasteiger partial charge in [-0.2, -0.15) is 0 Å². The molecule has 0 spiro atoms. The second kappa shape index (κ2) is 9.87. The van der Waals surface area contributed by atoms with E-state index in [1.54, 1.807) is 0 Å². The minimum Gasteiger partial charge on any atom is -0.309 e. The molecule has 51 heavy (non-hydrogen) atoms. The van der Waals surface area contributed by atoms with Crippen molar-refractivity contribution in [2.45, 2.75) is 0 Å². The predicted molar refractivity (Wildman–Crippen MR) is 215 cm³/mol. The standard InChI is InChI=1S/C48H29N3/c1-2-12-30(13-3-1)31-14-8-15-32(28-31)49-40-21-6-5-17-35(40)39-29-33(26-27-42(39)49)50-43-23-10-18-36-38-20-9-19-37-34-16-4-7-22-41(34)51(48(37)38)45-25-11-24-44(50)47(45)46(36)43/h1-29H/i1D,2D,3D,4D,5D,6D,7D,8D,9D,10D,11D,12D,13D,14D,15D,16D,17D,18D,19D,20D,21D,22D,23D,24D,25D,26D,27D,28D,29D. The van der Waals surface area contributed by atoms with Gasteiger partial charge in [0, 0.05) is 49.1 Å². The molecule has 0 fully saturated rings. The molecule has 4 aromatic heterocycles. The Kier molecular flexibility index (Phi) is 2.25. The first-order valence-electron chi connectivity index (χ1n) is 29.8. The molecule has 0 atom stereocenters. The summed E-state index contributed by atoms with van der Waals surface area (Å²) in [5.74, 6) is 0. The molecule has 0 bridgehead atoms. The summed E-state index contributed by atoms with van der Waals surface area (Å²) >= 11 is 0. The summed E-state index contributed by atoms with van der Waals surface area (Å²) in [6.07, 6.45) is 0.